The quantitative estimate of drug-likeness (QED) is 0.718. The third-order valence-corrected chi connectivity index (χ3v) is 3.27. The van der Waals surface area contributed by atoms with E-state index in [0.717, 1.165) is 12.2 Å². The van der Waals surface area contributed by atoms with E-state index in [0.29, 0.717) is 5.89 Å². The Labute approximate surface area is 73.7 Å². The normalized spacial score (nSPS) is 24.2. The maximum absolute atomic E-state index is 10.7. The van der Waals surface area contributed by atoms with Gasteiger partial charge in [0.05, 0.1) is 5.25 Å². The zero-order chi connectivity index (χ0) is 8.39. The van der Waals surface area contributed by atoms with Crippen molar-refractivity contribution in [3.05, 3.63) is 16.4 Å². The van der Waals surface area contributed by atoms with Crippen LogP contribution in [-0.2, 0) is 0 Å². The molecule has 2 heterocycles. The molecule has 1 saturated heterocycles. The van der Waals surface area contributed by atoms with Gasteiger partial charge in [-0.1, -0.05) is 6.42 Å². The first-order chi connectivity index (χ1) is 5.86. The minimum absolute atomic E-state index is 0.290. The second-order valence-electron chi connectivity index (χ2n) is 2.81. The molecule has 1 atom stereocenters. The molecule has 0 spiro atoms. The molecule has 0 aliphatic carbocycles. The molecule has 0 bridgehead atoms. The fourth-order valence-electron chi connectivity index (χ4n) is 1.31. The summed E-state index contributed by atoms with van der Waals surface area (Å²) in [6.45, 7) is 0. The van der Waals surface area contributed by atoms with Gasteiger partial charge in [0.1, 0.15) is 0 Å². The van der Waals surface area contributed by atoms with Gasteiger partial charge in [-0.25, -0.2) is 4.79 Å². The number of thioether (sulfide) groups is 1. The number of rotatable bonds is 1. The molecule has 1 aromatic heterocycles. The third kappa shape index (κ3) is 1.55. The molecule has 66 valence electrons. The summed E-state index contributed by atoms with van der Waals surface area (Å²) < 4.78 is 4.93. The van der Waals surface area contributed by atoms with Crippen LogP contribution in [-0.4, -0.2) is 15.9 Å². The zero-order valence-electron chi connectivity index (χ0n) is 6.58. The lowest BCUT2D eigenvalue weighted by Crippen LogP contribution is -2.05. The molecule has 0 aromatic carbocycles. The van der Waals surface area contributed by atoms with E-state index in [1.165, 1.54) is 12.8 Å². The monoisotopic (exact) mass is 186 g/mol. The summed E-state index contributed by atoms with van der Waals surface area (Å²) in [4.78, 5) is 14.4. The van der Waals surface area contributed by atoms with Crippen molar-refractivity contribution in [1.82, 2.24) is 10.1 Å². The first kappa shape index (κ1) is 7.91. The Morgan fingerprint density at radius 1 is 1.58 bits per heavy atom. The van der Waals surface area contributed by atoms with Crippen molar-refractivity contribution < 1.29 is 4.52 Å². The molecular formula is C7H10N2O2S. The molecule has 1 N–H and O–H groups in total. The number of aromatic nitrogens is 2. The van der Waals surface area contributed by atoms with Crippen LogP contribution < -0.4 is 5.69 Å². The van der Waals surface area contributed by atoms with Gasteiger partial charge in [-0.05, 0) is 18.6 Å². The molecule has 1 aromatic rings. The summed E-state index contributed by atoms with van der Waals surface area (Å²) in [6, 6.07) is 0. The first-order valence-electron chi connectivity index (χ1n) is 4.03. The molecular weight excluding hydrogens is 176 g/mol. The molecule has 1 fully saturated rings. The number of aromatic amines is 1. The maximum atomic E-state index is 10.7. The van der Waals surface area contributed by atoms with Crippen LogP contribution in [0.5, 0.6) is 0 Å². The van der Waals surface area contributed by atoms with Gasteiger partial charge in [0.15, 0.2) is 0 Å². The van der Waals surface area contributed by atoms with Gasteiger partial charge in [-0.2, -0.15) is 10.1 Å². The lowest BCUT2D eigenvalue weighted by Gasteiger charge is -2.16. The summed E-state index contributed by atoms with van der Waals surface area (Å²) >= 11 is 1.81. The highest BCUT2D eigenvalue weighted by Crippen LogP contribution is 2.36. The molecule has 12 heavy (non-hydrogen) atoms. The van der Waals surface area contributed by atoms with Crippen LogP contribution >= 0.6 is 11.8 Å². The van der Waals surface area contributed by atoms with Gasteiger partial charge >= 0.3 is 5.69 Å². The fourth-order valence-corrected chi connectivity index (χ4v) is 2.55. The molecule has 1 unspecified atom stereocenters. The van der Waals surface area contributed by atoms with Crippen molar-refractivity contribution in [2.24, 2.45) is 0 Å². The molecule has 4 nitrogen and oxygen atoms in total. The average molecular weight is 186 g/mol. The number of H-pyrrole nitrogens is 1. The molecule has 0 radical (unpaired) electrons. The fraction of sp³-hybridized carbons (Fsp3) is 0.714. The Bertz CT molecular complexity index is 300. The summed E-state index contributed by atoms with van der Waals surface area (Å²) in [7, 11) is 0. The Hall–Kier alpha value is -0.710. The Balaban J connectivity index is 2.13. The SMILES string of the molecule is O=c1nc(C2CCCCS2)o[nH]1. The van der Waals surface area contributed by atoms with E-state index in [1.54, 1.807) is 0 Å². The second kappa shape index (κ2) is 3.35. The van der Waals surface area contributed by atoms with E-state index in [9.17, 15) is 4.79 Å². The van der Waals surface area contributed by atoms with E-state index < -0.39 is 0 Å². The van der Waals surface area contributed by atoms with Crippen LogP contribution in [0.4, 0.5) is 0 Å². The standard InChI is InChI=1S/C7H10N2O2S/c10-7-8-6(11-9-7)5-3-1-2-4-12-5/h5H,1-4H2,(H,9,10). The highest BCUT2D eigenvalue weighted by Gasteiger charge is 2.20. The van der Waals surface area contributed by atoms with E-state index >= 15 is 0 Å². The minimum Gasteiger partial charge on any atom is -0.361 e. The third-order valence-electron chi connectivity index (χ3n) is 1.91. The highest BCUT2D eigenvalue weighted by atomic mass is 32.2. The summed E-state index contributed by atoms with van der Waals surface area (Å²) in [5, 5.41) is 2.50. The number of nitrogens with zero attached hydrogens (tertiary/aromatic N) is 1. The number of hydrogen-bond acceptors (Lipinski definition) is 4. The highest BCUT2D eigenvalue weighted by molar-refractivity contribution is 7.99. The summed E-state index contributed by atoms with van der Waals surface area (Å²) in [5.74, 6) is 1.70. The Kier molecular flexibility index (Phi) is 2.21. The molecule has 2 rings (SSSR count). The van der Waals surface area contributed by atoms with Gasteiger partial charge in [-0.3, -0.25) is 0 Å². The predicted molar refractivity (Wildman–Crippen MR) is 46.2 cm³/mol. The van der Waals surface area contributed by atoms with Gasteiger partial charge in [0, 0.05) is 0 Å². The van der Waals surface area contributed by atoms with Gasteiger partial charge in [0.2, 0.25) is 5.89 Å². The topological polar surface area (TPSA) is 58.9 Å². The van der Waals surface area contributed by atoms with Gasteiger partial charge < -0.3 is 4.52 Å². The lowest BCUT2D eigenvalue weighted by molar-refractivity contribution is 0.366. The summed E-state index contributed by atoms with van der Waals surface area (Å²) in [5.41, 5.74) is -0.379. The van der Waals surface area contributed by atoms with Crippen LogP contribution in [0.15, 0.2) is 9.32 Å². The van der Waals surface area contributed by atoms with Crippen LogP contribution in [0.25, 0.3) is 0 Å². The van der Waals surface area contributed by atoms with E-state index in [-0.39, 0.29) is 10.9 Å². The molecule has 0 saturated carbocycles. The van der Waals surface area contributed by atoms with Gasteiger partial charge in [0.25, 0.3) is 0 Å². The van der Waals surface area contributed by atoms with Crippen LogP contribution in [0.1, 0.15) is 30.4 Å². The van der Waals surface area contributed by atoms with Crippen molar-refractivity contribution >= 4 is 11.8 Å². The van der Waals surface area contributed by atoms with Crippen molar-refractivity contribution in [2.75, 3.05) is 5.75 Å². The minimum atomic E-state index is -0.379. The van der Waals surface area contributed by atoms with Crippen LogP contribution in [0, 0.1) is 0 Å². The van der Waals surface area contributed by atoms with E-state index in [2.05, 4.69) is 10.1 Å². The zero-order valence-corrected chi connectivity index (χ0v) is 7.39. The molecule has 5 heteroatoms. The maximum Gasteiger partial charge on any atom is 0.377 e. The molecule has 1 aliphatic rings. The van der Waals surface area contributed by atoms with Crippen molar-refractivity contribution in [2.45, 2.75) is 24.5 Å². The largest absolute Gasteiger partial charge is 0.377 e. The van der Waals surface area contributed by atoms with E-state index in [1.807, 2.05) is 11.8 Å². The Morgan fingerprint density at radius 2 is 2.50 bits per heavy atom. The van der Waals surface area contributed by atoms with Crippen LogP contribution in [0.3, 0.4) is 0 Å². The van der Waals surface area contributed by atoms with Crippen molar-refractivity contribution in [3.8, 4) is 0 Å². The number of nitrogens with one attached hydrogen (secondary N) is 1. The predicted octanol–water partition coefficient (Wildman–Crippen LogP) is 1.32. The van der Waals surface area contributed by atoms with Crippen LogP contribution in [0.2, 0.25) is 0 Å². The smallest absolute Gasteiger partial charge is 0.361 e. The molecule has 0 amide bonds. The summed E-state index contributed by atoms with van der Waals surface area (Å²) in [6.07, 6.45) is 3.53. The lowest BCUT2D eigenvalue weighted by atomic mass is 10.2. The molecule has 1 aliphatic heterocycles. The Morgan fingerprint density at radius 3 is 3.08 bits per heavy atom. The van der Waals surface area contributed by atoms with Gasteiger partial charge in [-0.15, -0.1) is 11.8 Å². The van der Waals surface area contributed by atoms with E-state index in [4.69, 9.17) is 4.52 Å². The second-order valence-corrected chi connectivity index (χ2v) is 4.13. The first-order valence-corrected chi connectivity index (χ1v) is 5.08. The average Bonchev–Trinajstić information content (AvgIpc) is 2.54. The van der Waals surface area contributed by atoms with Crippen molar-refractivity contribution in [3.63, 3.8) is 0 Å². The number of hydrogen-bond donors (Lipinski definition) is 1. The van der Waals surface area contributed by atoms with Crippen molar-refractivity contribution in [1.29, 1.82) is 0 Å².